The molecule has 6 rings (SSSR count). The highest BCUT2D eigenvalue weighted by molar-refractivity contribution is 6.24. The second kappa shape index (κ2) is 12.5. The van der Waals surface area contributed by atoms with Crippen molar-refractivity contribution in [1.29, 1.82) is 0 Å². The van der Waals surface area contributed by atoms with Crippen LogP contribution in [0.4, 0.5) is 0 Å². The number of carbonyl (C=O) groups excluding carboxylic acids is 6. The van der Waals surface area contributed by atoms with Crippen LogP contribution in [0.15, 0.2) is 45.1 Å². The van der Waals surface area contributed by atoms with Gasteiger partial charge in [-0.3, -0.25) is 33.6 Å². The molecule has 0 saturated heterocycles. The highest BCUT2D eigenvalue weighted by Crippen LogP contribution is 2.52. The fourth-order valence-corrected chi connectivity index (χ4v) is 6.78. The van der Waals surface area contributed by atoms with Crippen LogP contribution in [0.3, 0.4) is 0 Å². The van der Waals surface area contributed by atoms with Crippen molar-refractivity contribution in [2.75, 3.05) is 14.2 Å². The highest BCUT2D eigenvalue weighted by Gasteiger charge is 2.48. The van der Waals surface area contributed by atoms with E-state index in [4.69, 9.17) is 28.1 Å². The first-order valence-electron chi connectivity index (χ1n) is 15.4. The van der Waals surface area contributed by atoms with E-state index >= 15 is 0 Å². The number of esters is 3. The summed E-state index contributed by atoms with van der Waals surface area (Å²) in [5.74, 6) is -7.17. The molecule has 2 aliphatic carbocycles. The number of carbonyl (C=O) groups is 6. The number of Topliss-reactive ketones (excluding diaryl/α,β-unsaturated/α-hetero) is 2. The van der Waals surface area contributed by atoms with Crippen LogP contribution >= 0.6 is 0 Å². The largest absolute Gasteiger partial charge is 0.496 e. The fourth-order valence-electron chi connectivity index (χ4n) is 6.78. The second-order valence-electron chi connectivity index (χ2n) is 12.1. The summed E-state index contributed by atoms with van der Waals surface area (Å²) < 4.78 is 34.0. The summed E-state index contributed by atoms with van der Waals surface area (Å²) in [5, 5.41) is 0.0431. The smallest absolute Gasteiger partial charge is 0.308 e. The van der Waals surface area contributed by atoms with Crippen LogP contribution < -0.4 is 24.4 Å². The van der Waals surface area contributed by atoms with Crippen molar-refractivity contribution in [3.63, 3.8) is 0 Å². The summed E-state index contributed by atoms with van der Waals surface area (Å²) in [7, 11) is 2.49. The lowest BCUT2D eigenvalue weighted by Gasteiger charge is -2.33. The molecule has 0 N–H and O–H groups in total. The van der Waals surface area contributed by atoms with Gasteiger partial charge in [0.25, 0.3) is 0 Å². The normalized spacial score (nSPS) is 16.9. The van der Waals surface area contributed by atoms with Crippen LogP contribution in [0.1, 0.15) is 81.6 Å². The Bertz CT molecular complexity index is 2340. The van der Waals surface area contributed by atoms with Crippen molar-refractivity contribution in [3.8, 4) is 23.0 Å². The number of fused-ring (bicyclic) bond motifs is 4. The van der Waals surface area contributed by atoms with Gasteiger partial charge in [0.2, 0.25) is 0 Å². The summed E-state index contributed by atoms with van der Waals surface area (Å²) in [6.07, 6.45) is 0.158. The molecule has 0 radical (unpaired) electrons. The number of allylic oxidation sites excluding steroid dienone is 2. The number of hydrogen-bond donors (Lipinski definition) is 0. The van der Waals surface area contributed by atoms with Gasteiger partial charge >= 0.3 is 17.9 Å². The summed E-state index contributed by atoms with van der Waals surface area (Å²) >= 11 is 0. The quantitative estimate of drug-likeness (QED) is 0.198. The molecule has 3 aromatic carbocycles. The maximum Gasteiger partial charge on any atom is 0.308 e. The number of aryl methyl sites for hydroxylation is 1. The van der Waals surface area contributed by atoms with Crippen molar-refractivity contribution in [2.45, 2.75) is 53.1 Å². The van der Waals surface area contributed by atoms with Gasteiger partial charge in [0, 0.05) is 39.5 Å². The predicted molar refractivity (Wildman–Crippen MR) is 176 cm³/mol. The molecule has 0 bridgehead atoms. The summed E-state index contributed by atoms with van der Waals surface area (Å²) in [4.78, 5) is 93.5. The van der Waals surface area contributed by atoms with Crippen LogP contribution in [0.5, 0.6) is 23.0 Å². The summed E-state index contributed by atoms with van der Waals surface area (Å²) in [5.41, 5.74) is -0.228. The van der Waals surface area contributed by atoms with Gasteiger partial charge in [0.15, 0.2) is 34.3 Å². The lowest BCUT2D eigenvalue weighted by Crippen LogP contribution is -2.41. The predicted octanol–water partition coefficient (Wildman–Crippen LogP) is 4.90. The number of ketones is 3. The number of hydrogen-bond acceptors (Lipinski definition) is 13. The zero-order valence-electron chi connectivity index (χ0n) is 28.1. The Balaban J connectivity index is 1.76. The third-order valence-corrected chi connectivity index (χ3v) is 8.49. The van der Waals surface area contributed by atoms with Gasteiger partial charge in [-0.2, -0.15) is 0 Å². The number of rotatable bonds is 6. The summed E-state index contributed by atoms with van der Waals surface area (Å²) in [6, 6.07) is 5.51. The van der Waals surface area contributed by atoms with Gasteiger partial charge in [-0.15, -0.1) is 0 Å². The van der Waals surface area contributed by atoms with Gasteiger partial charge in [-0.05, 0) is 55.5 Å². The maximum absolute atomic E-state index is 14.9. The SMILES string of the molecule is COc1cc2cc3c(c(OC(C)=O)c2c(OC(C)=O)c1[C@H]1C(=O)c2c(cc4oc(C)cc(=O)c4c2OC(C)=O)C(=O)[C@H]1OC)C(=O)C=C(C)C3. The van der Waals surface area contributed by atoms with E-state index in [2.05, 4.69) is 0 Å². The van der Waals surface area contributed by atoms with E-state index in [1.54, 1.807) is 13.0 Å². The monoisotopic (exact) mass is 682 g/mol. The average molecular weight is 683 g/mol. The molecule has 2 aliphatic rings. The molecule has 1 heterocycles. The van der Waals surface area contributed by atoms with Crippen LogP contribution in [-0.4, -0.2) is 55.6 Å². The van der Waals surface area contributed by atoms with Gasteiger partial charge in [-0.1, -0.05) is 5.57 Å². The molecule has 1 aromatic heterocycles. The minimum absolute atomic E-state index is 0.0259. The van der Waals surface area contributed by atoms with Crippen molar-refractivity contribution in [1.82, 2.24) is 0 Å². The molecular formula is C37H30O13. The molecule has 13 nitrogen and oxygen atoms in total. The fraction of sp³-hybridized carbons (Fsp3) is 0.270. The molecule has 4 aromatic rings. The Kier molecular flexibility index (Phi) is 8.48. The van der Waals surface area contributed by atoms with Crippen LogP contribution in [0, 0.1) is 6.92 Å². The van der Waals surface area contributed by atoms with E-state index in [0.29, 0.717) is 17.4 Å². The average Bonchev–Trinajstić information content (AvgIpc) is 3.00. The maximum atomic E-state index is 14.9. The molecule has 2 atom stereocenters. The Morgan fingerprint density at radius 2 is 1.38 bits per heavy atom. The third kappa shape index (κ3) is 5.45. The lowest BCUT2D eigenvalue weighted by molar-refractivity contribution is -0.132. The molecular weight excluding hydrogens is 652 g/mol. The van der Waals surface area contributed by atoms with E-state index < -0.39 is 64.0 Å². The molecule has 256 valence electrons. The molecule has 0 fully saturated rings. The van der Waals surface area contributed by atoms with E-state index in [0.717, 1.165) is 32.4 Å². The first-order valence-corrected chi connectivity index (χ1v) is 15.4. The van der Waals surface area contributed by atoms with E-state index in [9.17, 15) is 33.6 Å². The summed E-state index contributed by atoms with van der Waals surface area (Å²) in [6.45, 7) is 6.58. The van der Waals surface area contributed by atoms with Crippen molar-refractivity contribution < 1.29 is 56.9 Å². The Hall–Kier alpha value is -5.95. The molecule has 50 heavy (non-hydrogen) atoms. The standard InChI is InChI=1S/C37H30O13/c1-14-8-19-11-20-12-24(45-6)30(35(49-17(4)39)27(20)34(48-16(3)38)26(19)22(41)9-14)31-33(44)28-21(32(43)37(31)46-7)13-25-29(36(28)50-18(5)40)23(42)10-15(2)47-25/h9-13,31,37H,8H2,1-7H3/t31-,37-/m0/s1. The topological polar surface area (TPSA) is 179 Å². The third-order valence-electron chi connectivity index (χ3n) is 8.49. The molecule has 0 unspecified atom stereocenters. The number of ether oxygens (including phenoxy) is 5. The highest BCUT2D eigenvalue weighted by atomic mass is 16.6. The minimum atomic E-state index is -1.66. The van der Waals surface area contributed by atoms with Crippen molar-refractivity contribution in [3.05, 3.63) is 79.7 Å². The molecule has 13 heteroatoms. The van der Waals surface area contributed by atoms with Crippen LogP contribution in [0.2, 0.25) is 0 Å². The van der Waals surface area contributed by atoms with Crippen LogP contribution in [0.25, 0.3) is 21.7 Å². The Morgan fingerprint density at radius 3 is 1.98 bits per heavy atom. The first-order chi connectivity index (χ1) is 23.7. The first kappa shape index (κ1) is 33.9. The van der Waals surface area contributed by atoms with Crippen molar-refractivity contribution >= 4 is 57.0 Å². The van der Waals surface area contributed by atoms with E-state index in [1.165, 1.54) is 39.4 Å². The van der Waals surface area contributed by atoms with E-state index in [1.807, 2.05) is 0 Å². The Morgan fingerprint density at radius 1 is 0.760 bits per heavy atom. The van der Waals surface area contributed by atoms with Gasteiger partial charge < -0.3 is 28.1 Å². The van der Waals surface area contributed by atoms with Crippen LogP contribution in [-0.2, 0) is 25.5 Å². The zero-order valence-corrected chi connectivity index (χ0v) is 28.1. The van der Waals surface area contributed by atoms with E-state index in [-0.39, 0.29) is 56.1 Å². The number of benzene rings is 3. The Labute approximate surface area is 283 Å². The minimum Gasteiger partial charge on any atom is -0.496 e. The molecule has 0 aliphatic heterocycles. The van der Waals surface area contributed by atoms with Gasteiger partial charge in [0.05, 0.1) is 35.1 Å². The molecule has 0 saturated carbocycles. The molecule has 0 spiro atoms. The van der Waals surface area contributed by atoms with Gasteiger partial charge in [-0.25, -0.2) is 0 Å². The number of methoxy groups -OCH3 is 2. The zero-order chi connectivity index (χ0) is 36.3. The lowest BCUT2D eigenvalue weighted by atomic mass is 9.74. The molecule has 0 amide bonds. The van der Waals surface area contributed by atoms with Gasteiger partial charge in [0.1, 0.15) is 34.3 Å². The second-order valence-corrected chi connectivity index (χ2v) is 12.1. The van der Waals surface area contributed by atoms with Crippen molar-refractivity contribution in [2.24, 2.45) is 0 Å².